The molecule has 0 radical (unpaired) electrons. The number of ether oxygens (including phenoxy) is 1. The van der Waals surface area contributed by atoms with E-state index in [2.05, 4.69) is 5.32 Å². The Morgan fingerprint density at radius 3 is 2.96 bits per heavy atom. The van der Waals surface area contributed by atoms with Crippen LogP contribution in [0.4, 0.5) is 0 Å². The number of likely N-dealkylation sites (tertiary alicyclic amines) is 1. The summed E-state index contributed by atoms with van der Waals surface area (Å²) in [6, 6.07) is 7.90. The predicted octanol–water partition coefficient (Wildman–Crippen LogP) is 1.83. The van der Waals surface area contributed by atoms with Gasteiger partial charge in [0.25, 0.3) is 5.91 Å². The van der Waals surface area contributed by atoms with Crippen LogP contribution in [0.25, 0.3) is 11.0 Å². The molecular formula is C19H26N2O4. The lowest BCUT2D eigenvalue weighted by Gasteiger charge is -2.38. The minimum absolute atomic E-state index is 0.214. The van der Waals surface area contributed by atoms with E-state index in [0.717, 1.165) is 28.7 Å². The Bertz CT molecular complexity index is 742. The van der Waals surface area contributed by atoms with Crippen molar-refractivity contribution in [2.45, 2.75) is 31.9 Å². The molecule has 2 heterocycles. The maximum atomic E-state index is 12.6. The molecule has 0 spiro atoms. The summed E-state index contributed by atoms with van der Waals surface area (Å²) in [6.45, 7) is 4.39. The lowest BCUT2D eigenvalue weighted by atomic mass is 9.91. The maximum absolute atomic E-state index is 12.6. The van der Waals surface area contributed by atoms with Crippen LogP contribution in [0, 0.1) is 6.92 Å². The molecule has 6 heteroatoms. The van der Waals surface area contributed by atoms with Crippen molar-refractivity contribution in [2.24, 2.45) is 0 Å². The summed E-state index contributed by atoms with van der Waals surface area (Å²) < 4.78 is 10.9. The van der Waals surface area contributed by atoms with E-state index >= 15 is 0 Å². The van der Waals surface area contributed by atoms with Crippen molar-refractivity contribution >= 4 is 16.9 Å². The Hall–Kier alpha value is -1.89. The number of nitrogens with one attached hydrogen (secondary N) is 1. The molecule has 0 unspecified atom stereocenters. The van der Waals surface area contributed by atoms with E-state index in [9.17, 15) is 9.90 Å². The predicted molar refractivity (Wildman–Crippen MR) is 95.3 cm³/mol. The van der Waals surface area contributed by atoms with E-state index in [4.69, 9.17) is 9.15 Å². The highest BCUT2D eigenvalue weighted by Gasteiger charge is 2.41. The van der Waals surface area contributed by atoms with E-state index in [-0.39, 0.29) is 12.5 Å². The second kappa shape index (κ2) is 7.56. The van der Waals surface area contributed by atoms with Gasteiger partial charge in [-0.25, -0.2) is 0 Å². The SMILES string of the molecule is COCCN1CCC[C@](O)(CNCc2oc3ccccc3c2C)C1=O. The maximum Gasteiger partial charge on any atom is 0.255 e. The van der Waals surface area contributed by atoms with Gasteiger partial charge in [-0.15, -0.1) is 0 Å². The molecule has 3 rings (SSSR count). The van der Waals surface area contributed by atoms with Gasteiger partial charge in [-0.05, 0) is 31.4 Å². The number of benzene rings is 1. The van der Waals surface area contributed by atoms with E-state index < -0.39 is 5.60 Å². The second-order valence-corrected chi connectivity index (χ2v) is 6.67. The van der Waals surface area contributed by atoms with Crippen molar-refractivity contribution in [1.82, 2.24) is 10.2 Å². The van der Waals surface area contributed by atoms with Gasteiger partial charge in [-0.2, -0.15) is 0 Å². The molecule has 1 amide bonds. The number of para-hydroxylation sites is 1. The topological polar surface area (TPSA) is 74.9 Å². The van der Waals surface area contributed by atoms with E-state index in [0.29, 0.717) is 32.7 Å². The summed E-state index contributed by atoms with van der Waals surface area (Å²) in [5.41, 5.74) is 0.591. The Balaban J connectivity index is 1.61. The molecule has 1 fully saturated rings. The van der Waals surface area contributed by atoms with Crippen molar-refractivity contribution in [3.63, 3.8) is 0 Å². The quantitative estimate of drug-likeness (QED) is 0.800. The third-order valence-corrected chi connectivity index (χ3v) is 4.91. The Morgan fingerprint density at radius 2 is 2.20 bits per heavy atom. The van der Waals surface area contributed by atoms with Gasteiger partial charge in [-0.3, -0.25) is 4.79 Å². The monoisotopic (exact) mass is 346 g/mol. The van der Waals surface area contributed by atoms with Gasteiger partial charge in [0.2, 0.25) is 0 Å². The van der Waals surface area contributed by atoms with Gasteiger partial charge in [0.15, 0.2) is 5.60 Å². The number of carbonyl (C=O) groups is 1. The Morgan fingerprint density at radius 1 is 1.40 bits per heavy atom. The van der Waals surface area contributed by atoms with E-state index in [1.165, 1.54) is 0 Å². The van der Waals surface area contributed by atoms with Crippen molar-refractivity contribution < 1.29 is 19.1 Å². The van der Waals surface area contributed by atoms with Crippen LogP contribution in [0.3, 0.4) is 0 Å². The van der Waals surface area contributed by atoms with Gasteiger partial charge in [-0.1, -0.05) is 18.2 Å². The first kappa shape index (κ1) is 17.9. The summed E-state index contributed by atoms with van der Waals surface area (Å²) in [5, 5.41) is 15.1. The highest BCUT2D eigenvalue weighted by Crippen LogP contribution is 2.25. The molecule has 0 aliphatic carbocycles. The fourth-order valence-electron chi connectivity index (χ4n) is 3.42. The standard InChI is InChI=1S/C19H26N2O4/c1-14-15-6-3-4-7-16(15)25-17(14)12-20-13-19(23)8-5-9-21(18(19)22)10-11-24-2/h3-4,6-7,20,23H,5,8-13H2,1-2H3/t19-/m0/s1. The molecule has 0 saturated carbocycles. The normalized spacial score (nSPS) is 21.2. The fraction of sp³-hybridized carbons (Fsp3) is 0.526. The first-order valence-corrected chi connectivity index (χ1v) is 8.73. The molecular weight excluding hydrogens is 320 g/mol. The summed E-state index contributed by atoms with van der Waals surface area (Å²) in [6.07, 6.45) is 1.26. The zero-order valence-electron chi connectivity index (χ0n) is 14.9. The number of aliphatic hydroxyl groups is 1. The number of methoxy groups -OCH3 is 1. The van der Waals surface area contributed by atoms with Crippen LogP contribution in [0.1, 0.15) is 24.2 Å². The Kier molecular flexibility index (Phi) is 5.42. The highest BCUT2D eigenvalue weighted by atomic mass is 16.5. The van der Waals surface area contributed by atoms with Crippen molar-refractivity contribution in [3.8, 4) is 0 Å². The number of piperidine rings is 1. The molecule has 1 aromatic heterocycles. The van der Waals surface area contributed by atoms with E-state index in [1.54, 1.807) is 12.0 Å². The molecule has 1 aromatic carbocycles. The first-order chi connectivity index (χ1) is 12.0. The molecule has 1 aliphatic heterocycles. The molecule has 136 valence electrons. The molecule has 0 bridgehead atoms. The van der Waals surface area contributed by atoms with Crippen molar-refractivity contribution in [3.05, 3.63) is 35.6 Å². The number of hydrogen-bond donors (Lipinski definition) is 2. The molecule has 25 heavy (non-hydrogen) atoms. The lowest BCUT2D eigenvalue weighted by Crippen LogP contribution is -2.58. The third kappa shape index (κ3) is 3.71. The van der Waals surface area contributed by atoms with Gasteiger partial charge in [0, 0.05) is 32.1 Å². The number of nitrogens with zero attached hydrogens (tertiary/aromatic N) is 1. The molecule has 6 nitrogen and oxygen atoms in total. The molecule has 2 N–H and O–H groups in total. The average molecular weight is 346 g/mol. The Labute approximate surface area is 147 Å². The zero-order chi connectivity index (χ0) is 17.9. The fourth-order valence-corrected chi connectivity index (χ4v) is 3.42. The number of amides is 1. The summed E-state index contributed by atoms with van der Waals surface area (Å²) >= 11 is 0. The van der Waals surface area contributed by atoms with Gasteiger partial charge in [0.05, 0.1) is 13.2 Å². The van der Waals surface area contributed by atoms with Crippen molar-refractivity contribution in [2.75, 3.05) is 33.4 Å². The molecule has 2 aromatic rings. The zero-order valence-corrected chi connectivity index (χ0v) is 14.9. The van der Waals surface area contributed by atoms with Gasteiger partial charge in [0.1, 0.15) is 11.3 Å². The van der Waals surface area contributed by atoms with Crippen LogP contribution < -0.4 is 5.32 Å². The molecule has 1 aliphatic rings. The summed E-state index contributed by atoms with van der Waals surface area (Å²) in [5.74, 6) is 0.619. The summed E-state index contributed by atoms with van der Waals surface area (Å²) in [4.78, 5) is 14.2. The number of hydrogen-bond acceptors (Lipinski definition) is 5. The number of furan rings is 1. The molecule has 1 atom stereocenters. The third-order valence-electron chi connectivity index (χ3n) is 4.91. The smallest absolute Gasteiger partial charge is 0.255 e. The van der Waals surface area contributed by atoms with Crippen LogP contribution in [0.2, 0.25) is 0 Å². The summed E-state index contributed by atoms with van der Waals surface area (Å²) in [7, 11) is 1.61. The largest absolute Gasteiger partial charge is 0.459 e. The minimum Gasteiger partial charge on any atom is -0.459 e. The molecule has 1 saturated heterocycles. The van der Waals surface area contributed by atoms with Crippen LogP contribution in [0.15, 0.2) is 28.7 Å². The second-order valence-electron chi connectivity index (χ2n) is 6.67. The van der Waals surface area contributed by atoms with Crippen LogP contribution >= 0.6 is 0 Å². The van der Waals surface area contributed by atoms with Gasteiger partial charge >= 0.3 is 0 Å². The number of aryl methyl sites for hydroxylation is 1. The number of carbonyl (C=O) groups excluding carboxylic acids is 1. The number of fused-ring (bicyclic) bond motifs is 1. The van der Waals surface area contributed by atoms with Crippen LogP contribution in [0.5, 0.6) is 0 Å². The highest BCUT2D eigenvalue weighted by molar-refractivity contribution is 5.86. The van der Waals surface area contributed by atoms with Crippen LogP contribution in [-0.4, -0.2) is 54.9 Å². The number of rotatable bonds is 7. The minimum atomic E-state index is -1.36. The van der Waals surface area contributed by atoms with E-state index in [1.807, 2.05) is 31.2 Å². The van der Waals surface area contributed by atoms with Gasteiger partial charge < -0.3 is 24.5 Å². The lowest BCUT2D eigenvalue weighted by molar-refractivity contribution is -0.157. The average Bonchev–Trinajstić information content (AvgIpc) is 2.93. The van der Waals surface area contributed by atoms with Crippen molar-refractivity contribution in [1.29, 1.82) is 0 Å². The van der Waals surface area contributed by atoms with Crippen LogP contribution in [-0.2, 0) is 16.1 Å². The first-order valence-electron chi connectivity index (χ1n) is 8.73.